The van der Waals surface area contributed by atoms with Crippen LogP contribution in [0.4, 0.5) is 5.69 Å². The van der Waals surface area contributed by atoms with Gasteiger partial charge in [0.1, 0.15) is 0 Å². The SMILES string of the molecule is CN1CCSC1=NC(=Nc1ccccc1)N1CCCC1. The largest absolute Gasteiger partial charge is 0.353 e. The highest BCUT2D eigenvalue weighted by Gasteiger charge is 2.20. The van der Waals surface area contributed by atoms with Crippen molar-refractivity contribution in [2.45, 2.75) is 12.8 Å². The van der Waals surface area contributed by atoms with E-state index in [0.717, 1.165) is 42.2 Å². The molecule has 2 saturated heterocycles. The average molecular weight is 288 g/mol. The van der Waals surface area contributed by atoms with E-state index >= 15 is 0 Å². The van der Waals surface area contributed by atoms with Gasteiger partial charge in [0, 0.05) is 32.4 Å². The summed E-state index contributed by atoms with van der Waals surface area (Å²) in [6, 6.07) is 10.1. The summed E-state index contributed by atoms with van der Waals surface area (Å²) in [5.41, 5.74) is 0.976. The lowest BCUT2D eigenvalue weighted by atomic mass is 10.3. The Morgan fingerprint density at radius 2 is 1.85 bits per heavy atom. The van der Waals surface area contributed by atoms with Gasteiger partial charge in [-0.3, -0.25) is 0 Å². The summed E-state index contributed by atoms with van der Waals surface area (Å²) in [7, 11) is 2.10. The fraction of sp³-hybridized carbons (Fsp3) is 0.467. The number of hydrogen-bond acceptors (Lipinski definition) is 2. The van der Waals surface area contributed by atoms with Gasteiger partial charge >= 0.3 is 0 Å². The molecule has 0 aromatic heterocycles. The smallest absolute Gasteiger partial charge is 0.228 e. The van der Waals surface area contributed by atoms with E-state index in [2.05, 4.69) is 16.8 Å². The molecule has 2 fully saturated rings. The van der Waals surface area contributed by atoms with Crippen LogP contribution in [0, 0.1) is 0 Å². The molecular formula is C15H20N4S. The molecule has 0 saturated carbocycles. The van der Waals surface area contributed by atoms with Gasteiger partial charge in [0.2, 0.25) is 5.96 Å². The minimum atomic E-state index is 0.866. The van der Waals surface area contributed by atoms with E-state index in [4.69, 9.17) is 9.98 Å². The van der Waals surface area contributed by atoms with E-state index in [-0.39, 0.29) is 0 Å². The maximum Gasteiger partial charge on any atom is 0.228 e. The molecular weight excluding hydrogens is 268 g/mol. The minimum absolute atomic E-state index is 0.866. The quantitative estimate of drug-likeness (QED) is 0.588. The van der Waals surface area contributed by atoms with Crippen molar-refractivity contribution in [1.29, 1.82) is 0 Å². The number of nitrogens with zero attached hydrogens (tertiary/aromatic N) is 4. The van der Waals surface area contributed by atoms with Crippen LogP contribution in [0.3, 0.4) is 0 Å². The van der Waals surface area contributed by atoms with Gasteiger partial charge in [0.05, 0.1) is 5.69 Å². The molecule has 0 spiro atoms. The second-order valence-corrected chi connectivity index (χ2v) is 6.17. The van der Waals surface area contributed by atoms with Crippen LogP contribution >= 0.6 is 11.8 Å². The first-order valence-electron chi connectivity index (χ1n) is 7.14. The van der Waals surface area contributed by atoms with Crippen LogP contribution in [0.2, 0.25) is 0 Å². The monoisotopic (exact) mass is 288 g/mol. The van der Waals surface area contributed by atoms with Crippen molar-refractivity contribution < 1.29 is 0 Å². The lowest BCUT2D eigenvalue weighted by Crippen LogP contribution is -2.29. The molecule has 0 N–H and O–H groups in total. The summed E-state index contributed by atoms with van der Waals surface area (Å²) >= 11 is 1.82. The summed E-state index contributed by atoms with van der Waals surface area (Å²) in [6.45, 7) is 3.20. The van der Waals surface area contributed by atoms with Crippen molar-refractivity contribution in [1.82, 2.24) is 9.80 Å². The summed E-state index contributed by atoms with van der Waals surface area (Å²) in [5, 5.41) is 1.09. The molecule has 3 rings (SSSR count). The molecule has 1 aromatic rings. The van der Waals surface area contributed by atoms with Crippen LogP contribution in [-0.2, 0) is 0 Å². The Hall–Kier alpha value is -1.49. The first-order chi connectivity index (χ1) is 9.83. The minimum Gasteiger partial charge on any atom is -0.353 e. The van der Waals surface area contributed by atoms with Gasteiger partial charge in [-0.15, -0.1) is 0 Å². The lowest BCUT2D eigenvalue weighted by molar-refractivity contribution is 0.510. The first-order valence-corrected chi connectivity index (χ1v) is 8.13. The van der Waals surface area contributed by atoms with Crippen LogP contribution < -0.4 is 0 Å². The molecule has 4 nitrogen and oxygen atoms in total. The zero-order valence-corrected chi connectivity index (χ0v) is 12.6. The predicted molar refractivity (Wildman–Crippen MR) is 86.9 cm³/mol. The van der Waals surface area contributed by atoms with Crippen molar-refractivity contribution >= 4 is 28.6 Å². The van der Waals surface area contributed by atoms with E-state index in [1.807, 2.05) is 42.1 Å². The fourth-order valence-electron chi connectivity index (χ4n) is 2.38. The first kappa shape index (κ1) is 13.5. The number of aliphatic imine (C=N–C) groups is 2. The van der Waals surface area contributed by atoms with Crippen LogP contribution in [0.15, 0.2) is 40.3 Å². The molecule has 106 valence electrons. The maximum atomic E-state index is 4.82. The third-order valence-electron chi connectivity index (χ3n) is 3.55. The van der Waals surface area contributed by atoms with E-state index in [1.165, 1.54) is 12.8 Å². The Bertz CT molecular complexity index is 506. The molecule has 2 aliphatic rings. The van der Waals surface area contributed by atoms with Crippen molar-refractivity contribution in [3.63, 3.8) is 0 Å². The van der Waals surface area contributed by atoms with Crippen LogP contribution in [0.25, 0.3) is 0 Å². The number of para-hydroxylation sites is 1. The van der Waals surface area contributed by atoms with Crippen molar-refractivity contribution in [3.8, 4) is 0 Å². The normalized spacial score (nSPS) is 22.1. The summed E-state index contributed by atoms with van der Waals surface area (Å²) < 4.78 is 0. The van der Waals surface area contributed by atoms with Gasteiger partial charge in [0.15, 0.2) is 5.17 Å². The molecule has 0 bridgehead atoms. The highest BCUT2D eigenvalue weighted by molar-refractivity contribution is 8.14. The summed E-state index contributed by atoms with van der Waals surface area (Å²) in [6.07, 6.45) is 2.48. The average Bonchev–Trinajstić information content (AvgIpc) is 3.12. The number of benzene rings is 1. The third-order valence-corrected chi connectivity index (χ3v) is 4.60. The molecule has 5 heteroatoms. The maximum absolute atomic E-state index is 4.82. The third kappa shape index (κ3) is 3.15. The van der Waals surface area contributed by atoms with Crippen LogP contribution in [0.5, 0.6) is 0 Å². The molecule has 0 atom stereocenters. The van der Waals surface area contributed by atoms with E-state index in [0.29, 0.717) is 0 Å². The number of likely N-dealkylation sites (tertiary alicyclic amines) is 1. The zero-order chi connectivity index (χ0) is 13.8. The predicted octanol–water partition coefficient (Wildman–Crippen LogP) is 2.80. The number of amidine groups is 1. The van der Waals surface area contributed by atoms with Gasteiger partial charge < -0.3 is 9.80 Å². The Labute approximate surface area is 124 Å². The highest BCUT2D eigenvalue weighted by Crippen LogP contribution is 2.20. The van der Waals surface area contributed by atoms with Gasteiger partial charge in [-0.05, 0) is 25.0 Å². The van der Waals surface area contributed by atoms with Gasteiger partial charge in [-0.1, -0.05) is 30.0 Å². The molecule has 0 radical (unpaired) electrons. The fourth-order valence-corrected chi connectivity index (χ4v) is 3.39. The Morgan fingerprint density at radius 3 is 2.50 bits per heavy atom. The number of hydrogen-bond donors (Lipinski definition) is 0. The second-order valence-electron chi connectivity index (χ2n) is 5.11. The molecule has 1 aromatic carbocycles. The lowest BCUT2D eigenvalue weighted by Gasteiger charge is -2.18. The number of thioether (sulfide) groups is 1. The van der Waals surface area contributed by atoms with Gasteiger partial charge in [0.25, 0.3) is 0 Å². The van der Waals surface area contributed by atoms with Crippen LogP contribution in [-0.4, -0.2) is 53.4 Å². The molecule has 0 aliphatic carbocycles. The molecule has 0 amide bonds. The molecule has 0 unspecified atom stereocenters. The number of guanidine groups is 1. The van der Waals surface area contributed by atoms with E-state index in [9.17, 15) is 0 Å². The van der Waals surface area contributed by atoms with Gasteiger partial charge in [-0.2, -0.15) is 4.99 Å². The topological polar surface area (TPSA) is 31.2 Å². The van der Waals surface area contributed by atoms with Crippen LogP contribution in [0.1, 0.15) is 12.8 Å². The molecule has 20 heavy (non-hydrogen) atoms. The van der Waals surface area contributed by atoms with E-state index < -0.39 is 0 Å². The summed E-state index contributed by atoms with van der Waals surface area (Å²) in [4.78, 5) is 14.1. The van der Waals surface area contributed by atoms with E-state index in [1.54, 1.807) is 0 Å². The van der Waals surface area contributed by atoms with Crippen molar-refractivity contribution in [3.05, 3.63) is 30.3 Å². The Morgan fingerprint density at radius 1 is 1.10 bits per heavy atom. The Kier molecular flexibility index (Phi) is 4.25. The van der Waals surface area contributed by atoms with Gasteiger partial charge in [-0.25, -0.2) is 4.99 Å². The number of rotatable bonds is 1. The standard InChI is InChI=1S/C15H20N4S/c1-18-11-12-20-15(18)17-14(19-9-5-6-10-19)16-13-7-3-2-4-8-13/h2-4,7-8H,5-6,9-12H2,1H3. The molecule has 2 heterocycles. The molecule has 2 aliphatic heterocycles. The highest BCUT2D eigenvalue weighted by atomic mass is 32.2. The Balaban J connectivity index is 1.89. The zero-order valence-electron chi connectivity index (χ0n) is 11.8. The van der Waals surface area contributed by atoms with Crippen molar-refractivity contribution in [2.24, 2.45) is 9.98 Å². The summed E-state index contributed by atoms with van der Waals surface area (Å²) in [5.74, 6) is 1.98. The second kappa shape index (κ2) is 6.31. The van der Waals surface area contributed by atoms with Crippen molar-refractivity contribution in [2.75, 3.05) is 32.4 Å².